The standard InChI is InChI=1S/C14H11F3O3S/c15-14(16,17)21(18,19)20-13-7-5-10(6-8-13)12-4-2-1-3-11(12)9-13/h1-8,10H,9H2. The summed E-state index contributed by atoms with van der Waals surface area (Å²) in [7, 11) is -5.66. The third-order valence-electron chi connectivity index (χ3n) is 3.60. The van der Waals surface area contributed by atoms with Gasteiger partial charge in [-0.15, -0.1) is 0 Å². The van der Waals surface area contributed by atoms with Crippen LogP contribution in [0.5, 0.6) is 0 Å². The van der Waals surface area contributed by atoms with E-state index in [2.05, 4.69) is 4.18 Å². The molecule has 0 spiro atoms. The minimum absolute atomic E-state index is 0.0436. The van der Waals surface area contributed by atoms with Gasteiger partial charge in [-0.05, 0) is 11.1 Å². The Morgan fingerprint density at radius 2 is 1.76 bits per heavy atom. The number of alkyl halides is 3. The maximum Gasteiger partial charge on any atom is 0.523 e. The number of allylic oxidation sites excluding steroid dienone is 2. The van der Waals surface area contributed by atoms with Crippen molar-refractivity contribution in [1.82, 2.24) is 0 Å². The first-order chi connectivity index (χ1) is 9.73. The lowest BCUT2D eigenvalue weighted by molar-refractivity contribution is -0.0589. The van der Waals surface area contributed by atoms with Crippen molar-refractivity contribution in [2.75, 3.05) is 0 Å². The molecule has 0 unspecified atom stereocenters. The molecule has 0 aliphatic heterocycles. The van der Waals surface area contributed by atoms with Gasteiger partial charge in [0.15, 0.2) is 0 Å². The number of hydrogen-bond acceptors (Lipinski definition) is 3. The largest absolute Gasteiger partial charge is 0.523 e. The van der Waals surface area contributed by atoms with Crippen LogP contribution in [0.3, 0.4) is 0 Å². The first-order valence-electron chi connectivity index (χ1n) is 6.21. The molecule has 3 aliphatic rings. The van der Waals surface area contributed by atoms with Crippen LogP contribution in [-0.4, -0.2) is 19.5 Å². The van der Waals surface area contributed by atoms with Crippen LogP contribution < -0.4 is 0 Å². The first kappa shape index (κ1) is 14.3. The van der Waals surface area contributed by atoms with Crippen molar-refractivity contribution in [1.29, 1.82) is 0 Å². The quantitative estimate of drug-likeness (QED) is 0.478. The molecule has 1 aromatic carbocycles. The molecule has 0 amide bonds. The maximum absolute atomic E-state index is 12.5. The number of rotatable bonds is 2. The molecule has 0 heterocycles. The van der Waals surface area contributed by atoms with E-state index >= 15 is 0 Å². The summed E-state index contributed by atoms with van der Waals surface area (Å²) in [5, 5.41) is 0. The average Bonchev–Trinajstić information content (AvgIpc) is 2.62. The van der Waals surface area contributed by atoms with E-state index in [9.17, 15) is 21.6 Å². The molecule has 0 saturated heterocycles. The Morgan fingerprint density at radius 3 is 2.38 bits per heavy atom. The fraction of sp³-hybridized carbons (Fsp3) is 0.286. The van der Waals surface area contributed by atoms with Crippen LogP contribution in [0.25, 0.3) is 0 Å². The lowest BCUT2D eigenvalue weighted by atomic mass is 9.93. The molecule has 3 nitrogen and oxygen atoms in total. The van der Waals surface area contributed by atoms with E-state index in [1.807, 2.05) is 12.1 Å². The smallest absolute Gasteiger partial charge is 0.248 e. The molecule has 0 saturated carbocycles. The van der Waals surface area contributed by atoms with Crippen LogP contribution >= 0.6 is 0 Å². The molecule has 4 rings (SSSR count). The van der Waals surface area contributed by atoms with E-state index in [4.69, 9.17) is 0 Å². The zero-order chi connectivity index (χ0) is 15.3. The maximum atomic E-state index is 12.5. The van der Waals surface area contributed by atoms with Gasteiger partial charge in [-0.2, -0.15) is 21.6 Å². The topological polar surface area (TPSA) is 43.4 Å². The Hall–Kier alpha value is -1.60. The van der Waals surface area contributed by atoms with Crippen molar-refractivity contribution >= 4 is 10.1 Å². The van der Waals surface area contributed by atoms with Gasteiger partial charge in [-0.25, -0.2) is 4.18 Å². The molecule has 1 aromatic rings. The second kappa shape index (κ2) is 4.45. The van der Waals surface area contributed by atoms with Gasteiger partial charge >= 0.3 is 15.6 Å². The SMILES string of the molecule is O=S(=O)(OC12C=CC(C=C1)c1ccccc1C2)C(F)(F)F. The van der Waals surface area contributed by atoms with Gasteiger partial charge in [0.25, 0.3) is 0 Å². The zero-order valence-corrected chi connectivity index (χ0v) is 11.5. The summed E-state index contributed by atoms with van der Waals surface area (Å²) in [5.41, 5.74) is -5.34. The highest BCUT2D eigenvalue weighted by Gasteiger charge is 2.51. The fourth-order valence-corrected chi connectivity index (χ4v) is 3.31. The Morgan fingerprint density at radius 1 is 1.14 bits per heavy atom. The molecule has 112 valence electrons. The van der Waals surface area contributed by atoms with Gasteiger partial charge in [0, 0.05) is 12.3 Å². The molecule has 0 aromatic heterocycles. The summed E-state index contributed by atoms with van der Waals surface area (Å²) in [4.78, 5) is 0. The lowest BCUT2D eigenvalue weighted by Gasteiger charge is -2.27. The van der Waals surface area contributed by atoms with Crippen molar-refractivity contribution in [3.8, 4) is 0 Å². The van der Waals surface area contributed by atoms with Crippen molar-refractivity contribution in [3.05, 3.63) is 59.7 Å². The minimum Gasteiger partial charge on any atom is -0.248 e. The van der Waals surface area contributed by atoms with E-state index in [-0.39, 0.29) is 12.3 Å². The Bertz CT molecular complexity index is 718. The highest BCUT2D eigenvalue weighted by atomic mass is 32.2. The second-order valence-electron chi connectivity index (χ2n) is 5.06. The average molecular weight is 316 g/mol. The third-order valence-corrected chi connectivity index (χ3v) is 4.70. The molecule has 0 N–H and O–H groups in total. The van der Waals surface area contributed by atoms with Gasteiger partial charge in [0.1, 0.15) is 5.60 Å². The Kier molecular flexibility index (Phi) is 3.04. The summed E-state index contributed by atoms with van der Waals surface area (Å²) < 4.78 is 64.8. The molecule has 0 radical (unpaired) electrons. The van der Waals surface area contributed by atoms with Crippen LogP contribution in [0.4, 0.5) is 13.2 Å². The summed E-state index contributed by atoms with van der Waals surface area (Å²) in [5.74, 6) is -0.0750. The van der Waals surface area contributed by atoms with Crippen LogP contribution in [0.15, 0.2) is 48.6 Å². The Labute approximate surface area is 119 Å². The second-order valence-corrected chi connectivity index (χ2v) is 6.60. The Balaban J connectivity index is 2.03. The normalized spacial score (nSPS) is 27.5. The monoisotopic (exact) mass is 316 g/mol. The van der Waals surface area contributed by atoms with Crippen molar-refractivity contribution in [3.63, 3.8) is 0 Å². The third kappa shape index (κ3) is 2.40. The van der Waals surface area contributed by atoms with Crippen LogP contribution in [0.2, 0.25) is 0 Å². The van der Waals surface area contributed by atoms with E-state index in [1.165, 1.54) is 12.2 Å². The van der Waals surface area contributed by atoms with Gasteiger partial charge in [0.05, 0.1) is 0 Å². The molecular formula is C14H11F3O3S. The first-order valence-corrected chi connectivity index (χ1v) is 7.62. The number of halogens is 3. The summed E-state index contributed by atoms with van der Waals surface area (Å²) in [6, 6.07) is 7.23. The van der Waals surface area contributed by atoms with Crippen molar-refractivity contribution in [2.45, 2.75) is 23.4 Å². The zero-order valence-electron chi connectivity index (χ0n) is 10.7. The van der Waals surface area contributed by atoms with Crippen molar-refractivity contribution < 1.29 is 25.8 Å². The molecule has 7 heteroatoms. The van der Waals surface area contributed by atoms with E-state index in [1.54, 1.807) is 24.3 Å². The van der Waals surface area contributed by atoms with Gasteiger partial charge < -0.3 is 0 Å². The van der Waals surface area contributed by atoms with E-state index in [0.29, 0.717) is 0 Å². The van der Waals surface area contributed by atoms with Gasteiger partial charge in [-0.3, -0.25) is 0 Å². The van der Waals surface area contributed by atoms with E-state index in [0.717, 1.165) is 11.1 Å². The molecular weight excluding hydrogens is 305 g/mol. The van der Waals surface area contributed by atoms with Crippen molar-refractivity contribution in [2.24, 2.45) is 0 Å². The lowest BCUT2D eigenvalue weighted by Crippen LogP contribution is -2.38. The predicted molar refractivity (Wildman–Crippen MR) is 70.0 cm³/mol. The molecule has 3 aliphatic carbocycles. The molecule has 2 bridgehead atoms. The number of hydrogen-bond donors (Lipinski definition) is 0. The highest BCUT2D eigenvalue weighted by Crippen LogP contribution is 2.40. The van der Waals surface area contributed by atoms with Gasteiger partial charge in [-0.1, -0.05) is 48.6 Å². The van der Waals surface area contributed by atoms with Crippen LogP contribution in [0.1, 0.15) is 17.0 Å². The van der Waals surface area contributed by atoms with E-state index < -0.39 is 21.2 Å². The summed E-state index contributed by atoms with van der Waals surface area (Å²) >= 11 is 0. The molecule has 0 atom stereocenters. The summed E-state index contributed by atoms with van der Waals surface area (Å²) in [6.07, 6.45) is 6.15. The molecule has 0 fully saturated rings. The number of benzene rings is 1. The molecule has 21 heavy (non-hydrogen) atoms. The van der Waals surface area contributed by atoms with Crippen LogP contribution in [-0.2, 0) is 20.7 Å². The highest BCUT2D eigenvalue weighted by molar-refractivity contribution is 7.87. The summed E-state index contributed by atoms with van der Waals surface area (Å²) in [6.45, 7) is 0. The fourth-order valence-electron chi connectivity index (χ4n) is 2.63. The van der Waals surface area contributed by atoms with Gasteiger partial charge in [0.2, 0.25) is 0 Å². The van der Waals surface area contributed by atoms with Crippen LogP contribution in [0, 0.1) is 0 Å². The minimum atomic E-state index is -5.66. The predicted octanol–water partition coefficient (Wildman–Crippen LogP) is 3.06.